The van der Waals surface area contributed by atoms with Crippen molar-refractivity contribution >= 4 is 5.78 Å². The Hall–Kier alpha value is -1.25. The Balaban J connectivity index is 2.26. The van der Waals surface area contributed by atoms with Crippen molar-refractivity contribution in [1.29, 1.82) is 0 Å². The number of hydrogen-bond donors (Lipinski definition) is 0. The summed E-state index contributed by atoms with van der Waals surface area (Å²) >= 11 is 0. The number of carbonyl (C=O) groups excluding carboxylic acids is 1. The second-order valence-corrected chi connectivity index (χ2v) is 3.74. The molecule has 1 aromatic rings. The number of carbonyl (C=O) groups is 1. The van der Waals surface area contributed by atoms with Gasteiger partial charge in [0.25, 0.3) is 0 Å². The fourth-order valence-corrected chi connectivity index (χ4v) is 1.79. The maximum absolute atomic E-state index is 12.9. The summed E-state index contributed by atoms with van der Waals surface area (Å²) in [5.74, 6) is -1.47. The Kier molecular flexibility index (Phi) is 2.10. The molecule has 2 atom stereocenters. The first kappa shape index (κ1) is 9.31. The summed E-state index contributed by atoms with van der Waals surface area (Å²) in [4.78, 5) is 11.0. The van der Waals surface area contributed by atoms with Crippen LogP contribution in [0.25, 0.3) is 0 Å². The van der Waals surface area contributed by atoms with Gasteiger partial charge in [0.1, 0.15) is 5.78 Å². The van der Waals surface area contributed by atoms with Gasteiger partial charge in [-0.25, -0.2) is 8.78 Å². The number of rotatable bonds is 1. The van der Waals surface area contributed by atoms with Gasteiger partial charge in [-0.05, 0) is 17.7 Å². The van der Waals surface area contributed by atoms with Gasteiger partial charge in [0.05, 0.1) is 0 Å². The molecule has 0 aliphatic heterocycles. The minimum atomic E-state index is -0.841. The molecule has 1 nitrogen and oxygen atoms in total. The van der Waals surface area contributed by atoms with E-state index in [-0.39, 0.29) is 17.6 Å². The molecule has 1 saturated carbocycles. The first-order valence-electron chi connectivity index (χ1n) is 4.57. The summed E-state index contributed by atoms with van der Waals surface area (Å²) in [5, 5.41) is 0. The highest BCUT2D eigenvalue weighted by atomic mass is 19.2. The molecule has 0 saturated heterocycles. The summed E-state index contributed by atoms with van der Waals surface area (Å²) in [7, 11) is 0. The van der Waals surface area contributed by atoms with Crippen molar-refractivity contribution in [2.75, 3.05) is 0 Å². The van der Waals surface area contributed by atoms with Crippen molar-refractivity contribution in [3.05, 3.63) is 35.4 Å². The highest BCUT2D eigenvalue weighted by molar-refractivity contribution is 5.88. The highest BCUT2D eigenvalue weighted by Gasteiger charge is 2.36. The van der Waals surface area contributed by atoms with E-state index in [1.54, 1.807) is 6.07 Å². The molecule has 0 amide bonds. The van der Waals surface area contributed by atoms with E-state index in [1.165, 1.54) is 6.07 Å². The van der Waals surface area contributed by atoms with Crippen LogP contribution in [-0.2, 0) is 4.79 Å². The number of halogens is 2. The zero-order valence-corrected chi connectivity index (χ0v) is 7.76. The molecule has 1 aromatic carbocycles. The third-order valence-electron chi connectivity index (χ3n) is 2.90. The molecular formula is C11H10F2O. The molecule has 14 heavy (non-hydrogen) atoms. The van der Waals surface area contributed by atoms with E-state index in [2.05, 4.69) is 0 Å². The summed E-state index contributed by atoms with van der Waals surface area (Å²) in [6.07, 6.45) is 0.451. The highest BCUT2D eigenvalue weighted by Crippen LogP contribution is 2.39. The average Bonchev–Trinajstić information content (AvgIpc) is 2.18. The van der Waals surface area contributed by atoms with Crippen molar-refractivity contribution < 1.29 is 13.6 Å². The molecule has 74 valence electrons. The van der Waals surface area contributed by atoms with Crippen LogP contribution in [0.1, 0.15) is 24.8 Å². The standard InChI is InChI=1S/C11H10F2O/c1-6-8(5-11(6)14)7-2-3-9(12)10(13)4-7/h2-4,6,8H,5H2,1H3. The molecule has 0 radical (unpaired) electrons. The van der Waals surface area contributed by atoms with Crippen LogP contribution in [0, 0.1) is 17.6 Å². The normalized spacial score (nSPS) is 26.1. The summed E-state index contributed by atoms with van der Waals surface area (Å²) in [6, 6.07) is 3.84. The second kappa shape index (κ2) is 3.15. The molecule has 0 bridgehead atoms. The Morgan fingerprint density at radius 1 is 1.29 bits per heavy atom. The molecule has 0 spiro atoms. The van der Waals surface area contributed by atoms with Crippen molar-refractivity contribution in [1.82, 2.24) is 0 Å². The monoisotopic (exact) mass is 196 g/mol. The molecule has 1 fully saturated rings. The fraction of sp³-hybridized carbons (Fsp3) is 0.364. The Morgan fingerprint density at radius 2 is 2.00 bits per heavy atom. The predicted octanol–water partition coefficient (Wildman–Crippen LogP) is 2.66. The van der Waals surface area contributed by atoms with E-state index in [0.717, 1.165) is 11.6 Å². The van der Waals surface area contributed by atoms with Crippen LogP contribution in [-0.4, -0.2) is 5.78 Å². The summed E-state index contributed by atoms with van der Waals surface area (Å²) in [6.45, 7) is 1.82. The van der Waals surface area contributed by atoms with Crippen LogP contribution >= 0.6 is 0 Å². The molecule has 1 aliphatic carbocycles. The van der Waals surface area contributed by atoms with Crippen LogP contribution in [0.4, 0.5) is 8.78 Å². The maximum Gasteiger partial charge on any atom is 0.159 e. The summed E-state index contributed by atoms with van der Waals surface area (Å²) in [5.41, 5.74) is 0.719. The lowest BCUT2D eigenvalue weighted by molar-refractivity contribution is -0.130. The average molecular weight is 196 g/mol. The van der Waals surface area contributed by atoms with Crippen LogP contribution in [0.5, 0.6) is 0 Å². The minimum absolute atomic E-state index is 0.0557. The number of hydrogen-bond acceptors (Lipinski definition) is 1. The molecule has 2 unspecified atom stereocenters. The van der Waals surface area contributed by atoms with E-state index >= 15 is 0 Å². The van der Waals surface area contributed by atoms with Gasteiger partial charge in [0.2, 0.25) is 0 Å². The van der Waals surface area contributed by atoms with Gasteiger partial charge in [-0.15, -0.1) is 0 Å². The minimum Gasteiger partial charge on any atom is -0.299 e. The largest absolute Gasteiger partial charge is 0.299 e. The number of Topliss-reactive ketones (excluding diaryl/α,β-unsaturated/α-hetero) is 1. The lowest BCUT2D eigenvalue weighted by Gasteiger charge is -2.32. The SMILES string of the molecule is CC1C(=O)CC1c1ccc(F)c(F)c1. The lowest BCUT2D eigenvalue weighted by atomic mass is 9.70. The third kappa shape index (κ3) is 1.33. The van der Waals surface area contributed by atoms with Crippen molar-refractivity contribution in [3.63, 3.8) is 0 Å². The second-order valence-electron chi connectivity index (χ2n) is 3.74. The zero-order chi connectivity index (χ0) is 10.3. The van der Waals surface area contributed by atoms with Crippen LogP contribution in [0.15, 0.2) is 18.2 Å². The zero-order valence-electron chi connectivity index (χ0n) is 7.76. The van der Waals surface area contributed by atoms with Gasteiger partial charge < -0.3 is 0 Å². The van der Waals surface area contributed by atoms with E-state index in [1.807, 2.05) is 6.92 Å². The molecular weight excluding hydrogens is 186 g/mol. The molecule has 1 aliphatic rings. The Labute approximate surface area is 80.7 Å². The quantitative estimate of drug-likeness (QED) is 0.674. The van der Waals surface area contributed by atoms with Crippen LogP contribution < -0.4 is 0 Å². The van der Waals surface area contributed by atoms with Crippen molar-refractivity contribution in [2.24, 2.45) is 5.92 Å². The van der Waals surface area contributed by atoms with Crippen LogP contribution in [0.2, 0.25) is 0 Å². The van der Waals surface area contributed by atoms with E-state index in [4.69, 9.17) is 0 Å². The van der Waals surface area contributed by atoms with Gasteiger partial charge >= 0.3 is 0 Å². The van der Waals surface area contributed by atoms with Gasteiger partial charge in [-0.3, -0.25) is 4.79 Å². The van der Waals surface area contributed by atoms with Crippen molar-refractivity contribution in [2.45, 2.75) is 19.3 Å². The van der Waals surface area contributed by atoms with E-state index < -0.39 is 11.6 Å². The first-order valence-corrected chi connectivity index (χ1v) is 4.57. The van der Waals surface area contributed by atoms with Crippen LogP contribution in [0.3, 0.4) is 0 Å². The first-order chi connectivity index (χ1) is 6.59. The third-order valence-corrected chi connectivity index (χ3v) is 2.90. The Morgan fingerprint density at radius 3 is 2.50 bits per heavy atom. The van der Waals surface area contributed by atoms with Gasteiger partial charge in [-0.1, -0.05) is 13.0 Å². The molecule has 0 aromatic heterocycles. The van der Waals surface area contributed by atoms with E-state index in [0.29, 0.717) is 6.42 Å². The molecule has 0 heterocycles. The van der Waals surface area contributed by atoms with Gasteiger partial charge in [0, 0.05) is 18.3 Å². The molecule has 2 rings (SSSR count). The lowest BCUT2D eigenvalue weighted by Crippen LogP contribution is -2.32. The maximum atomic E-state index is 12.9. The summed E-state index contributed by atoms with van der Waals surface area (Å²) < 4.78 is 25.5. The molecule has 3 heteroatoms. The Bertz CT molecular complexity index is 387. The predicted molar refractivity (Wildman–Crippen MR) is 47.9 cm³/mol. The molecule has 0 N–H and O–H groups in total. The number of ketones is 1. The van der Waals surface area contributed by atoms with Crippen molar-refractivity contribution in [3.8, 4) is 0 Å². The number of benzene rings is 1. The van der Waals surface area contributed by atoms with Gasteiger partial charge in [0.15, 0.2) is 11.6 Å². The topological polar surface area (TPSA) is 17.1 Å². The van der Waals surface area contributed by atoms with E-state index in [9.17, 15) is 13.6 Å². The van der Waals surface area contributed by atoms with Gasteiger partial charge in [-0.2, -0.15) is 0 Å². The fourth-order valence-electron chi connectivity index (χ4n) is 1.79. The smallest absolute Gasteiger partial charge is 0.159 e.